The third-order valence-electron chi connectivity index (χ3n) is 3.02. The second-order valence-corrected chi connectivity index (χ2v) is 5.09. The van der Waals surface area contributed by atoms with Crippen molar-refractivity contribution < 1.29 is 4.79 Å². The molecule has 0 aliphatic heterocycles. The monoisotopic (exact) mass is 268 g/mol. The Bertz CT molecular complexity index is 463. The van der Waals surface area contributed by atoms with Crippen molar-refractivity contribution in [3.8, 4) is 0 Å². The Labute approximate surface area is 111 Å². The molecule has 17 heavy (non-hydrogen) atoms. The van der Waals surface area contributed by atoms with Crippen molar-refractivity contribution in [3.63, 3.8) is 0 Å². The molecular formula is C14H14Cl2O. The summed E-state index contributed by atoms with van der Waals surface area (Å²) in [6, 6.07) is 5.19. The Balaban J connectivity index is 2.14. The van der Waals surface area contributed by atoms with Crippen LogP contribution >= 0.6 is 23.2 Å². The van der Waals surface area contributed by atoms with Crippen molar-refractivity contribution in [1.82, 2.24) is 0 Å². The molecule has 0 spiro atoms. The molecule has 90 valence electrons. The van der Waals surface area contributed by atoms with Gasteiger partial charge in [-0.3, -0.25) is 4.79 Å². The van der Waals surface area contributed by atoms with E-state index in [1.165, 1.54) is 18.4 Å². The summed E-state index contributed by atoms with van der Waals surface area (Å²) >= 11 is 11.9. The number of benzene rings is 1. The molecule has 0 amide bonds. The van der Waals surface area contributed by atoms with Gasteiger partial charge in [0, 0.05) is 12.0 Å². The number of carbonyl (C=O) groups excluding carboxylic acids is 1. The molecule has 0 saturated heterocycles. The summed E-state index contributed by atoms with van der Waals surface area (Å²) in [6.45, 7) is 0. The van der Waals surface area contributed by atoms with Crippen LogP contribution in [0.25, 0.3) is 0 Å². The van der Waals surface area contributed by atoms with Crippen LogP contribution in [0.4, 0.5) is 0 Å². The van der Waals surface area contributed by atoms with Crippen molar-refractivity contribution >= 4 is 29.0 Å². The molecule has 0 heterocycles. The summed E-state index contributed by atoms with van der Waals surface area (Å²) in [7, 11) is 0. The highest BCUT2D eigenvalue weighted by Gasteiger charge is 2.15. The van der Waals surface area contributed by atoms with Gasteiger partial charge in [0.2, 0.25) is 0 Å². The molecule has 3 heteroatoms. The second-order valence-electron chi connectivity index (χ2n) is 4.31. The smallest absolute Gasteiger partial charge is 0.168 e. The maximum atomic E-state index is 12.1. The fourth-order valence-electron chi connectivity index (χ4n) is 2.09. The Kier molecular flexibility index (Phi) is 4.25. The van der Waals surface area contributed by atoms with Gasteiger partial charge in [-0.2, -0.15) is 0 Å². The minimum atomic E-state index is 0.0608. The Morgan fingerprint density at radius 3 is 2.76 bits per heavy atom. The van der Waals surface area contributed by atoms with Crippen LogP contribution in [-0.4, -0.2) is 5.78 Å². The molecule has 2 rings (SSSR count). The highest BCUT2D eigenvalue weighted by molar-refractivity contribution is 6.43. The first-order valence-electron chi connectivity index (χ1n) is 5.83. The Morgan fingerprint density at radius 2 is 2.06 bits per heavy atom. The molecule has 0 atom stereocenters. The maximum Gasteiger partial charge on any atom is 0.168 e. The number of halogens is 2. The molecule has 0 fully saturated rings. The third-order valence-corrected chi connectivity index (χ3v) is 3.84. The van der Waals surface area contributed by atoms with E-state index in [9.17, 15) is 4.79 Å². The third kappa shape index (κ3) is 3.11. The Hall–Kier alpha value is -0.790. The molecule has 1 aromatic rings. The minimum Gasteiger partial charge on any atom is -0.294 e. The van der Waals surface area contributed by atoms with Crippen molar-refractivity contribution in [1.29, 1.82) is 0 Å². The van der Waals surface area contributed by atoms with Crippen molar-refractivity contribution in [2.45, 2.75) is 32.1 Å². The highest BCUT2D eigenvalue weighted by Crippen LogP contribution is 2.28. The van der Waals surface area contributed by atoms with E-state index in [1.54, 1.807) is 18.2 Å². The van der Waals surface area contributed by atoms with Crippen LogP contribution in [0.5, 0.6) is 0 Å². The zero-order valence-electron chi connectivity index (χ0n) is 9.51. The average Bonchev–Trinajstić information content (AvgIpc) is 2.34. The summed E-state index contributed by atoms with van der Waals surface area (Å²) in [6.07, 6.45) is 7.19. The van der Waals surface area contributed by atoms with E-state index in [0.717, 1.165) is 12.8 Å². The predicted molar refractivity (Wildman–Crippen MR) is 72.0 cm³/mol. The lowest BCUT2D eigenvalue weighted by Crippen LogP contribution is -2.04. The largest absolute Gasteiger partial charge is 0.294 e. The van der Waals surface area contributed by atoms with E-state index < -0.39 is 0 Å². The van der Waals surface area contributed by atoms with Gasteiger partial charge in [-0.1, -0.05) is 40.9 Å². The number of ketones is 1. The van der Waals surface area contributed by atoms with Crippen molar-refractivity contribution in [2.24, 2.45) is 0 Å². The fraction of sp³-hybridized carbons (Fsp3) is 0.357. The van der Waals surface area contributed by atoms with Gasteiger partial charge in [-0.25, -0.2) is 0 Å². The van der Waals surface area contributed by atoms with Crippen LogP contribution in [-0.2, 0) is 0 Å². The molecule has 0 aromatic heterocycles. The topological polar surface area (TPSA) is 17.1 Å². The summed E-state index contributed by atoms with van der Waals surface area (Å²) in [5.74, 6) is 0.0608. The van der Waals surface area contributed by atoms with E-state index in [-0.39, 0.29) is 5.78 Å². The Morgan fingerprint density at radius 1 is 1.24 bits per heavy atom. The number of hydrogen-bond acceptors (Lipinski definition) is 1. The van der Waals surface area contributed by atoms with Gasteiger partial charge in [0.25, 0.3) is 0 Å². The normalized spacial score (nSPS) is 15.5. The van der Waals surface area contributed by atoms with Gasteiger partial charge in [-0.05, 0) is 37.8 Å². The van der Waals surface area contributed by atoms with Crippen molar-refractivity contribution in [3.05, 3.63) is 45.5 Å². The molecule has 0 unspecified atom stereocenters. The summed E-state index contributed by atoms with van der Waals surface area (Å²) < 4.78 is 0. The van der Waals surface area contributed by atoms with E-state index in [2.05, 4.69) is 6.08 Å². The lowest BCUT2D eigenvalue weighted by atomic mass is 9.94. The molecule has 0 radical (unpaired) electrons. The number of Topliss-reactive ketones (excluding diaryl/α,β-unsaturated/α-hetero) is 1. The van der Waals surface area contributed by atoms with Gasteiger partial charge >= 0.3 is 0 Å². The van der Waals surface area contributed by atoms with Gasteiger partial charge in [0.15, 0.2) is 5.78 Å². The van der Waals surface area contributed by atoms with E-state index in [1.807, 2.05) is 0 Å². The van der Waals surface area contributed by atoms with Crippen molar-refractivity contribution in [2.75, 3.05) is 0 Å². The molecule has 1 nitrogen and oxygen atoms in total. The molecular weight excluding hydrogens is 255 g/mol. The van der Waals surface area contributed by atoms with E-state index in [4.69, 9.17) is 23.2 Å². The fourth-order valence-corrected chi connectivity index (χ4v) is 2.49. The molecule has 0 bridgehead atoms. The number of carbonyl (C=O) groups is 1. The molecule has 1 aliphatic rings. The SMILES string of the molecule is O=C(CC1=CCCCC1)c1cccc(Cl)c1Cl. The first-order valence-corrected chi connectivity index (χ1v) is 6.59. The molecule has 0 N–H and O–H groups in total. The summed E-state index contributed by atoms with van der Waals surface area (Å²) in [4.78, 5) is 12.1. The maximum absolute atomic E-state index is 12.1. The molecule has 1 aromatic carbocycles. The summed E-state index contributed by atoms with van der Waals surface area (Å²) in [5, 5.41) is 0.811. The van der Waals surface area contributed by atoms with Crippen LogP contribution in [0.3, 0.4) is 0 Å². The highest BCUT2D eigenvalue weighted by atomic mass is 35.5. The van der Waals surface area contributed by atoms with Gasteiger partial charge in [-0.15, -0.1) is 0 Å². The van der Waals surface area contributed by atoms with Crippen LogP contribution in [0.1, 0.15) is 42.5 Å². The van der Waals surface area contributed by atoms with Crippen LogP contribution in [0.2, 0.25) is 10.0 Å². The lowest BCUT2D eigenvalue weighted by Gasteiger charge is -2.12. The lowest BCUT2D eigenvalue weighted by molar-refractivity contribution is 0.0991. The van der Waals surface area contributed by atoms with Crippen LogP contribution < -0.4 is 0 Å². The number of rotatable bonds is 3. The first-order chi connectivity index (χ1) is 8.18. The first kappa shape index (κ1) is 12.7. The zero-order valence-corrected chi connectivity index (χ0v) is 11.0. The zero-order chi connectivity index (χ0) is 12.3. The summed E-state index contributed by atoms with van der Waals surface area (Å²) in [5.41, 5.74) is 1.77. The van der Waals surface area contributed by atoms with E-state index in [0.29, 0.717) is 22.0 Å². The van der Waals surface area contributed by atoms with Gasteiger partial charge in [0.05, 0.1) is 10.0 Å². The van der Waals surface area contributed by atoms with Crippen LogP contribution in [0.15, 0.2) is 29.8 Å². The van der Waals surface area contributed by atoms with Gasteiger partial charge in [0.1, 0.15) is 0 Å². The van der Waals surface area contributed by atoms with Gasteiger partial charge < -0.3 is 0 Å². The van der Waals surface area contributed by atoms with Crippen LogP contribution in [0, 0.1) is 0 Å². The quantitative estimate of drug-likeness (QED) is 0.553. The average molecular weight is 269 g/mol. The number of hydrogen-bond donors (Lipinski definition) is 0. The standard InChI is InChI=1S/C14H14Cl2O/c15-12-8-4-7-11(14(12)16)13(17)9-10-5-2-1-3-6-10/h4-5,7-8H,1-3,6,9H2. The molecule has 1 aliphatic carbocycles. The van der Waals surface area contributed by atoms with E-state index >= 15 is 0 Å². The predicted octanol–water partition coefficient (Wildman–Crippen LogP) is 5.07. The second kappa shape index (κ2) is 5.70. The number of allylic oxidation sites excluding steroid dienone is 2. The molecule has 0 saturated carbocycles. The minimum absolute atomic E-state index is 0.0608.